The molecule has 1 aliphatic carbocycles. The molecule has 0 atom stereocenters. The molecule has 0 radical (unpaired) electrons. The summed E-state index contributed by atoms with van der Waals surface area (Å²) in [6.07, 6.45) is 6.76. The highest BCUT2D eigenvalue weighted by atomic mass is 16.5. The van der Waals surface area contributed by atoms with E-state index in [0.717, 1.165) is 43.4 Å². The largest absolute Gasteiger partial charge is 0.360 e. The maximum absolute atomic E-state index is 5.40. The summed E-state index contributed by atoms with van der Waals surface area (Å²) in [6, 6.07) is 2.08. The second-order valence-corrected chi connectivity index (χ2v) is 5.81. The molecule has 0 saturated heterocycles. The summed E-state index contributed by atoms with van der Waals surface area (Å²) in [5.74, 6) is 1.87. The van der Waals surface area contributed by atoms with E-state index in [9.17, 15) is 0 Å². The molecule has 1 aromatic rings. The predicted octanol–water partition coefficient (Wildman–Crippen LogP) is 2.80. The van der Waals surface area contributed by atoms with E-state index in [0.29, 0.717) is 0 Å². The molecule has 1 aromatic heterocycles. The van der Waals surface area contributed by atoms with Crippen LogP contribution < -0.4 is 5.32 Å². The molecule has 0 aromatic carbocycles. The van der Waals surface area contributed by atoms with E-state index in [1.54, 1.807) is 0 Å². The van der Waals surface area contributed by atoms with E-state index in [-0.39, 0.29) is 0 Å². The second kappa shape index (κ2) is 7.65. The van der Waals surface area contributed by atoms with Crippen LogP contribution in [0, 0.1) is 5.92 Å². The van der Waals surface area contributed by atoms with Crippen molar-refractivity contribution < 1.29 is 4.52 Å². The lowest BCUT2D eigenvalue weighted by Crippen LogP contribution is -2.23. The van der Waals surface area contributed by atoms with Crippen molar-refractivity contribution in [3.63, 3.8) is 0 Å². The Hall–Kier alpha value is -0.870. The van der Waals surface area contributed by atoms with E-state index < -0.39 is 0 Å². The first-order valence-corrected chi connectivity index (χ1v) is 7.61. The lowest BCUT2D eigenvalue weighted by molar-refractivity contribution is 0.238. The first kappa shape index (κ1) is 14.5. The summed E-state index contributed by atoms with van der Waals surface area (Å²) in [5, 5.41) is 7.45. The van der Waals surface area contributed by atoms with Gasteiger partial charge in [0.25, 0.3) is 0 Å². The fourth-order valence-corrected chi connectivity index (χ4v) is 2.87. The van der Waals surface area contributed by atoms with E-state index in [4.69, 9.17) is 4.52 Å². The van der Waals surface area contributed by atoms with Gasteiger partial charge in [-0.25, -0.2) is 0 Å². The van der Waals surface area contributed by atoms with Crippen molar-refractivity contribution >= 4 is 0 Å². The highest BCUT2D eigenvalue weighted by molar-refractivity contribution is 5.05. The molecular formula is C15H27N3O. The molecular weight excluding hydrogens is 238 g/mol. The van der Waals surface area contributed by atoms with Gasteiger partial charge in [0.15, 0.2) is 5.76 Å². The van der Waals surface area contributed by atoms with Crippen LogP contribution in [0.3, 0.4) is 0 Å². The van der Waals surface area contributed by atoms with Crippen molar-refractivity contribution in [3.8, 4) is 0 Å². The van der Waals surface area contributed by atoms with Gasteiger partial charge in [-0.2, -0.15) is 0 Å². The standard InChI is InChI=1S/C15H27N3O/c1-3-8-16-10-14-9-15(19-17-14)12-18(2)11-13-6-4-5-7-13/h9,13,16H,3-8,10-12H2,1-2H3. The van der Waals surface area contributed by atoms with Gasteiger partial charge in [-0.3, -0.25) is 4.90 Å². The lowest BCUT2D eigenvalue weighted by Gasteiger charge is -2.18. The summed E-state index contributed by atoms with van der Waals surface area (Å²) in [6.45, 7) is 6.06. The van der Waals surface area contributed by atoms with Crippen molar-refractivity contribution in [2.24, 2.45) is 5.92 Å². The topological polar surface area (TPSA) is 41.3 Å². The molecule has 1 N–H and O–H groups in total. The second-order valence-electron chi connectivity index (χ2n) is 5.81. The molecule has 4 nitrogen and oxygen atoms in total. The van der Waals surface area contributed by atoms with Crippen LogP contribution in [0.25, 0.3) is 0 Å². The number of nitrogens with one attached hydrogen (secondary N) is 1. The molecule has 0 bridgehead atoms. The average molecular weight is 265 g/mol. The van der Waals surface area contributed by atoms with Gasteiger partial charge < -0.3 is 9.84 Å². The Kier molecular flexibility index (Phi) is 5.86. The lowest BCUT2D eigenvalue weighted by atomic mass is 10.1. The fraction of sp³-hybridized carbons (Fsp3) is 0.800. The minimum absolute atomic E-state index is 0.809. The zero-order valence-electron chi connectivity index (χ0n) is 12.3. The normalized spacial score (nSPS) is 16.6. The summed E-state index contributed by atoms with van der Waals surface area (Å²) in [4.78, 5) is 2.36. The molecule has 1 heterocycles. The Labute approximate surface area is 116 Å². The Morgan fingerprint density at radius 3 is 2.95 bits per heavy atom. The summed E-state index contributed by atoms with van der Waals surface area (Å²) < 4.78 is 5.40. The molecule has 0 spiro atoms. The third-order valence-corrected chi connectivity index (χ3v) is 3.81. The Morgan fingerprint density at radius 1 is 1.42 bits per heavy atom. The summed E-state index contributed by atoms with van der Waals surface area (Å²) >= 11 is 0. The van der Waals surface area contributed by atoms with Gasteiger partial charge in [-0.1, -0.05) is 24.9 Å². The average Bonchev–Trinajstić information content (AvgIpc) is 3.02. The molecule has 1 fully saturated rings. The number of nitrogens with zero attached hydrogens (tertiary/aromatic N) is 2. The third kappa shape index (κ3) is 4.96. The van der Waals surface area contributed by atoms with Gasteiger partial charge in [0.2, 0.25) is 0 Å². The Bertz CT molecular complexity index is 358. The minimum Gasteiger partial charge on any atom is -0.360 e. The zero-order valence-corrected chi connectivity index (χ0v) is 12.3. The maximum atomic E-state index is 5.40. The molecule has 4 heteroatoms. The first-order chi connectivity index (χ1) is 9.28. The zero-order chi connectivity index (χ0) is 13.5. The van der Waals surface area contributed by atoms with Crippen molar-refractivity contribution in [3.05, 3.63) is 17.5 Å². The van der Waals surface area contributed by atoms with E-state index in [2.05, 4.69) is 35.4 Å². The van der Waals surface area contributed by atoms with Gasteiger partial charge in [0.05, 0.1) is 12.2 Å². The predicted molar refractivity (Wildman–Crippen MR) is 76.8 cm³/mol. The Balaban J connectivity index is 1.72. The van der Waals surface area contributed by atoms with Crippen LogP contribution in [-0.4, -0.2) is 30.2 Å². The van der Waals surface area contributed by atoms with Crippen molar-refractivity contribution in [2.45, 2.75) is 52.1 Å². The van der Waals surface area contributed by atoms with Crippen LogP contribution in [0.1, 0.15) is 50.5 Å². The van der Waals surface area contributed by atoms with E-state index >= 15 is 0 Å². The molecule has 19 heavy (non-hydrogen) atoms. The molecule has 0 amide bonds. The van der Waals surface area contributed by atoms with Crippen molar-refractivity contribution in [1.82, 2.24) is 15.4 Å². The van der Waals surface area contributed by atoms with Gasteiger partial charge in [0, 0.05) is 19.2 Å². The molecule has 0 aliphatic heterocycles. The van der Waals surface area contributed by atoms with Crippen LogP contribution in [-0.2, 0) is 13.1 Å². The van der Waals surface area contributed by atoms with E-state index in [1.165, 1.54) is 32.2 Å². The molecule has 0 unspecified atom stereocenters. The quantitative estimate of drug-likeness (QED) is 0.734. The summed E-state index contributed by atoms with van der Waals surface area (Å²) in [5.41, 5.74) is 1.01. The minimum atomic E-state index is 0.809. The Morgan fingerprint density at radius 2 is 2.21 bits per heavy atom. The van der Waals surface area contributed by atoms with Crippen molar-refractivity contribution in [1.29, 1.82) is 0 Å². The highest BCUT2D eigenvalue weighted by Gasteiger charge is 2.17. The first-order valence-electron chi connectivity index (χ1n) is 7.61. The van der Waals surface area contributed by atoms with Crippen LogP contribution in [0.4, 0.5) is 0 Å². The monoisotopic (exact) mass is 265 g/mol. The third-order valence-electron chi connectivity index (χ3n) is 3.81. The van der Waals surface area contributed by atoms with Crippen LogP contribution in [0.5, 0.6) is 0 Å². The number of hydrogen-bond donors (Lipinski definition) is 1. The molecule has 2 rings (SSSR count). The highest BCUT2D eigenvalue weighted by Crippen LogP contribution is 2.25. The number of rotatable bonds is 8. The number of aromatic nitrogens is 1. The van der Waals surface area contributed by atoms with Gasteiger partial charge >= 0.3 is 0 Å². The van der Waals surface area contributed by atoms with Gasteiger partial charge in [-0.15, -0.1) is 0 Å². The molecule has 1 saturated carbocycles. The fourth-order valence-electron chi connectivity index (χ4n) is 2.87. The van der Waals surface area contributed by atoms with Crippen LogP contribution >= 0.6 is 0 Å². The smallest absolute Gasteiger partial charge is 0.151 e. The van der Waals surface area contributed by atoms with Gasteiger partial charge in [0.1, 0.15) is 0 Å². The number of hydrogen-bond acceptors (Lipinski definition) is 4. The summed E-state index contributed by atoms with van der Waals surface area (Å²) in [7, 11) is 2.18. The van der Waals surface area contributed by atoms with E-state index in [1.807, 2.05) is 0 Å². The maximum Gasteiger partial charge on any atom is 0.151 e. The molecule has 1 aliphatic rings. The van der Waals surface area contributed by atoms with Gasteiger partial charge in [-0.05, 0) is 38.8 Å². The molecule has 108 valence electrons. The van der Waals surface area contributed by atoms with Crippen molar-refractivity contribution in [2.75, 3.05) is 20.1 Å². The van der Waals surface area contributed by atoms with Crippen LogP contribution in [0.2, 0.25) is 0 Å². The SMILES string of the molecule is CCCNCc1cc(CN(C)CC2CCCC2)on1. The van der Waals surface area contributed by atoms with Crippen LogP contribution in [0.15, 0.2) is 10.6 Å².